The maximum Gasteiger partial charge on any atom is 0.271 e. The van der Waals surface area contributed by atoms with Gasteiger partial charge >= 0.3 is 0 Å². The Morgan fingerprint density at radius 1 is 1.00 bits per heavy atom. The number of carbonyl (C=O) groups is 1. The van der Waals surface area contributed by atoms with Crippen molar-refractivity contribution in [2.75, 3.05) is 4.90 Å². The topological polar surface area (TPSA) is 44.2 Å². The van der Waals surface area contributed by atoms with Gasteiger partial charge in [-0.3, -0.25) is 15.1 Å². The number of anilines is 1. The molecule has 1 N–H and O–H groups in total. The molecule has 1 aliphatic heterocycles. The van der Waals surface area contributed by atoms with E-state index in [2.05, 4.69) is 0 Å². The summed E-state index contributed by atoms with van der Waals surface area (Å²) in [6.45, 7) is 0. The number of nitrogens with zero attached hydrogens (tertiary/aromatic N) is 1. The summed E-state index contributed by atoms with van der Waals surface area (Å²) in [7, 11) is 0. The van der Waals surface area contributed by atoms with E-state index in [1.165, 1.54) is 36.4 Å². The summed E-state index contributed by atoms with van der Waals surface area (Å²) in [6, 6.07) is 11.8. The van der Waals surface area contributed by atoms with Crippen LogP contribution in [-0.2, 0) is 4.79 Å². The van der Waals surface area contributed by atoms with Crippen LogP contribution in [0.2, 0.25) is 0 Å². The summed E-state index contributed by atoms with van der Waals surface area (Å²) in [6.07, 6.45) is 1.37. The van der Waals surface area contributed by atoms with E-state index < -0.39 is 17.5 Å². The van der Waals surface area contributed by atoms with E-state index in [4.69, 9.17) is 5.41 Å². The van der Waals surface area contributed by atoms with Crippen molar-refractivity contribution in [1.29, 1.82) is 5.41 Å². The second kappa shape index (κ2) is 5.73. The maximum absolute atomic E-state index is 13.8. The van der Waals surface area contributed by atoms with Crippen molar-refractivity contribution >= 4 is 34.6 Å². The third-order valence-corrected chi connectivity index (χ3v) is 4.00. The zero-order valence-corrected chi connectivity index (χ0v) is 12.0. The Morgan fingerprint density at radius 3 is 2.32 bits per heavy atom. The molecule has 1 saturated heterocycles. The number of carbonyl (C=O) groups excluding carboxylic acids is 1. The highest BCUT2D eigenvalue weighted by molar-refractivity contribution is 8.19. The first kappa shape index (κ1) is 14.5. The molecule has 0 radical (unpaired) electrons. The number of benzene rings is 2. The van der Waals surface area contributed by atoms with Gasteiger partial charge in [0.25, 0.3) is 5.91 Å². The second-order valence-corrected chi connectivity index (χ2v) is 5.56. The number of hydrogen-bond donors (Lipinski definition) is 1. The molecule has 1 heterocycles. The van der Waals surface area contributed by atoms with Gasteiger partial charge in [-0.15, -0.1) is 0 Å². The van der Waals surface area contributed by atoms with Crippen LogP contribution in [0.5, 0.6) is 0 Å². The van der Waals surface area contributed by atoms with E-state index in [9.17, 15) is 13.6 Å². The summed E-state index contributed by atoms with van der Waals surface area (Å²) in [5.41, 5.74) is 0.267. The van der Waals surface area contributed by atoms with E-state index >= 15 is 0 Å². The standard InChI is InChI=1S/C16H10F2N2OS/c17-11-6-2-1-5-10(11)9-14-15(21)20(16(19)22-14)13-8-4-3-7-12(13)18/h1-9,19H. The monoisotopic (exact) mass is 316 g/mol. The molecule has 3 nitrogen and oxygen atoms in total. The van der Waals surface area contributed by atoms with Gasteiger partial charge in [0.2, 0.25) is 0 Å². The molecule has 3 rings (SSSR count). The van der Waals surface area contributed by atoms with Crippen molar-refractivity contribution in [3.05, 3.63) is 70.6 Å². The van der Waals surface area contributed by atoms with Crippen LogP contribution in [0.1, 0.15) is 5.56 Å². The van der Waals surface area contributed by atoms with Crippen molar-refractivity contribution in [1.82, 2.24) is 0 Å². The Bertz CT molecular complexity index is 804. The first-order chi connectivity index (χ1) is 10.6. The second-order valence-electron chi connectivity index (χ2n) is 4.53. The number of para-hydroxylation sites is 1. The van der Waals surface area contributed by atoms with E-state index in [0.29, 0.717) is 0 Å². The lowest BCUT2D eigenvalue weighted by Gasteiger charge is -2.14. The lowest BCUT2D eigenvalue weighted by molar-refractivity contribution is -0.113. The summed E-state index contributed by atoms with van der Waals surface area (Å²) in [5.74, 6) is -1.59. The highest BCUT2D eigenvalue weighted by Gasteiger charge is 2.35. The van der Waals surface area contributed by atoms with Crippen LogP contribution in [-0.4, -0.2) is 11.1 Å². The van der Waals surface area contributed by atoms with Crippen LogP contribution in [0.25, 0.3) is 6.08 Å². The molecule has 2 aromatic carbocycles. The van der Waals surface area contributed by atoms with Crippen LogP contribution in [0.4, 0.5) is 14.5 Å². The fourth-order valence-electron chi connectivity index (χ4n) is 2.07. The van der Waals surface area contributed by atoms with Crippen molar-refractivity contribution in [3.63, 3.8) is 0 Å². The Hall–Kier alpha value is -2.47. The molecule has 22 heavy (non-hydrogen) atoms. The fraction of sp³-hybridized carbons (Fsp3) is 0. The molecule has 1 aliphatic rings. The quantitative estimate of drug-likeness (QED) is 0.851. The average Bonchev–Trinajstić information content (AvgIpc) is 2.77. The predicted molar refractivity (Wildman–Crippen MR) is 83.6 cm³/mol. The lowest BCUT2D eigenvalue weighted by atomic mass is 10.2. The van der Waals surface area contributed by atoms with Gasteiger partial charge in [-0.2, -0.15) is 0 Å². The number of amidine groups is 1. The molecule has 0 atom stereocenters. The minimum absolute atomic E-state index is 0.0157. The molecule has 1 fully saturated rings. The molecular formula is C16H10F2N2OS. The van der Waals surface area contributed by atoms with Crippen LogP contribution >= 0.6 is 11.8 Å². The first-order valence-electron chi connectivity index (χ1n) is 6.39. The number of halogens is 2. The molecule has 0 spiro atoms. The Balaban J connectivity index is 1.99. The number of thioether (sulfide) groups is 1. The normalized spacial score (nSPS) is 16.6. The van der Waals surface area contributed by atoms with Crippen molar-refractivity contribution < 1.29 is 13.6 Å². The van der Waals surface area contributed by atoms with Gasteiger partial charge < -0.3 is 0 Å². The Kier molecular flexibility index (Phi) is 3.77. The fourth-order valence-corrected chi connectivity index (χ4v) is 2.92. The molecule has 0 aliphatic carbocycles. The van der Waals surface area contributed by atoms with Gasteiger partial charge in [0.1, 0.15) is 11.6 Å². The Labute approximate surface area is 129 Å². The number of hydrogen-bond acceptors (Lipinski definition) is 3. The minimum Gasteiger partial charge on any atom is -0.278 e. The van der Waals surface area contributed by atoms with Crippen LogP contribution in [0.3, 0.4) is 0 Å². The van der Waals surface area contributed by atoms with Gasteiger partial charge in [-0.05, 0) is 36.0 Å². The zero-order valence-electron chi connectivity index (χ0n) is 11.2. The molecule has 0 aromatic heterocycles. The van der Waals surface area contributed by atoms with E-state index in [1.807, 2.05) is 0 Å². The molecule has 6 heteroatoms. The van der Waals surface area contributed by atoms with Crippen molar-refractivity contribution in [2.45, 2.75) is 0 Å². The average molecular weight is 316 g/mol. The molecule has 110 valence electrons. The van der Waals surface area contributed by atoms with Gasteiger partial charge in [0.15, 0.2) is 5.17 Å². The largest absolute Gasteiger partial charge is 0.278 e. The van der Waals surface area contributed by atoms with Crippen LogP contribution < -0.4 is 4.90 Å². The predicted octanol–water partition coefficient (Wildman–Crippen LogP) is 4.02. The van der Waals surface area contributed by atoms with Crippen molar-refractivity contribution in [3.8, 4) is 0 Å². The highest BCUT2D eigenvalue weighted by Crippen LogP contribution is 2.36. The SMILES string of the molecule is N=C1SC(=Cc2ccccc2F)C(=O)N1c1ccccc1F. The Morgan fingerprint density at radius 2 is 1.64 bits per heavy atom. The zero-order chi connectivity index (χ0) is 15.7. The third kappa shape index (κ3) is 2.53. The van der Waals surface area contributed by atoms with Crippen molar-refractivity contribution in [2.24, 2.45) is 0 Å². The van der Waals surface area contributed by atoms with Gasteiger partial charge in [-0.25, -0.2) is 8.78 Å². The number of rotatable bonds is 2. The lowest BCUT2D eigenvalue weighted by Crippen LogP contribution is -2.28. The number of amides is 1. The summed E-state index contributed by atoms with van der Waals surface area (Å²) < 4.78 is 27.5. The third-order valence-electron chi connectivity index (χ3n) is 3.11. The minimum atomic E-state index is -0.589. The molecule has 0 bridgehead atoms. The van der Waals surface area contributed by atoms with E-state index in [-0.39, 0.29) is 21.3 Å². The molecule has 0 unspecified atom stereocenters. The van der Waals surface area contributed by atoms with Crippen LogP contribution in [0, 0.1) is 17.0 Å². The molecular weight excluding hydrogens is 306 g/mol. The van der Waals surface area contributed by atoms with Crippen LogP contribution in [0.15, 0.2) is 53.4 Å². The van der Waals surface area contributed by atoms with Gasteiger partial charge in [-0.1, -0.05) is 30.3 Å². The molecule has 2 aromatic rings. The maximum atomic E-state index is 13.8. The van der Waals surface area contributed by atoms with Gasteiger partial charge in [0.05, 0.1) is 10.6 Å². The summed E-state index contributed by atoms with van der Waals surface area (Å²) in [5, 5.41) is 7.77. The highest BCUT2D eigenvalue weighted by atomic mass is 32.2. The van der Waals surface area contributed by atoms with E-state index in [1.54, 1.807) is 18.2 Å². The first-order valence-corrected chi connectivity index (χ1v) is 7.21. The molecule has 0 saturated carbocycles. The summed E-state index contributed by atoms with van der Waals surface area (Å²) in [4.78, 5) is 13.5. The summed E-state index contributed by atoms with van der Waals surface area (Å²) >= 11 is 0.876. The number of nitrogens with one attached hydrogen (secondary N) is 1. The van der Waals surface area contributed by atoms with Gasteiger partial charge in [0, 0.05) is 5.56 Å². The molecule has 1 amide bonds. The van der Waals surface area contributed by atoms with E-state index in [0.717, 1.165) is 16.7 Å². The smallest absolute Gasteiger partial charge is 0.271 e.